The molecule has 0 aliphatic heterocycles. The lowest BCUT2D eigenvalue weighted by molar-refractivity contribution is 0.568. The van der Waals surface area contributed by atoms with Gasteiger partial charge in [-0.25, -0.2) is 17.8 Å². The second kappa shape index (κ2) is 5.41. The van der Waals surface area contributed by atoms with Crippen LogP contribution in [0.5, 0.6) is 0 Å². The van der Waals surface area contributed by atoms with E-state index in [-0.39, 0.29) is 11.9 Å². The van der Waals surface area contributed by atoms with Crippen molar-refractivity contribution in [2.75, 3.05) is 4.72 Å². The predicted molar refractivity (Wildman–Crippen MR) is 86.0 cm³/mol. The van der Waals surface area contributed by atoms with E-state index in [1.807, 2.05) is 0 Å². The van der Waals surface area contributed by atoms with Gasteiger partial charge in [-0.15, -0.1) is 0 Å². The third-order valence-corrected chi connectivity index (χ3v) is 5.71. The van der Waals surface area contributed by atoms with E-state index in [1.54, 1.807) is 6.07 Å². The van der Waals surface area contributed by atoms with Gasteiger partial charge in [-0.2, -0.15) is 0 Å². The van der Waals surface area contributed by atoms with Crippen LogP contribution in [0.1, 0.15) is 43.2 Å². The maximum absolute atomic E-state index is 14.2. The van der Waals surface area contributed by atoms with E-state index < -0.39 is 26.3 Å². The summed E-state index contributed by atoms with van der Waals surface area (Å²) in [5.74, 6) is -0.800. The number of anilines is 1. The van der Waals surface area contributed by atoms with Crippen LogP contribution in [0.2, 0.25) is 0 Å². The molecule has 0 spiro atoms. The number of hydrogen-bond acceptors (Lipinski definition) is 4. The molecule has 1 aromatic heterocycles. The van der Waals surface area contributed by atoms with E-state index in [9.17, 15) is 17.6 Å². The summed E-state index contributed by atoms with van der Waals surface area (Å²) in [6.07, 6.45) is 6.66. The fourth-order valence-electron chi connectivity index (χ4n) is 2.72. The molecule has 1 N–H and O–H groups in total. The molecule has 1 aromatic carbocycles. The molecule has 6 nitrogen and oxygen atoms in total. The minimum atomic E-state index is -4.21. The predicted octanol–water partition coefficient (Wildman–Crippen LogP) is 2.40. The molecule has 126 valence electrons. The number of nitrogens with zero attached hydrogens (tertiary/aromatic N) is 2. The fraction of sp³-hybridized carbons (Fsp3) is 0.375. The second-order valence-corrected chi connectivity index (χ2v) is 7.94. The van der Waals surface area contributed by atoms with Gasteiger partial charge in [0.2, 0.25) is 5.82 Å². The van der Waals surface area contributed by atoms with Gasteiger partial charge in [-0.1, -0.05) is 6.07 Å². The average molecular weight is 349 g/mol. The summed E-state index contributed by atoms with van der Waals surface area (Å²) < 4.78 is 42.7. The van der Waals surface area contributed by atoms with Crippen LogP contribution in [0, 0.1) is 5.82 Å². The first kappa shape index (κ1) is 15.3. The monoisotopic (exact) mass is 349 g/mol. The van der Waals surface area contributed by atoms with Crippen molar-refractivity contribution in [3.8, 4) is 0 Å². The van der Waals surface area contributed by atoms with Gasteiger partial charge in [0.05, 0.1) is 0 Å². The summed E-state index contributed by atoms with van der Waals surface area (Å²) in [6, 6.07) is 4.22. The van der Waals surface area contributed by atoms with Crippen molar-refractivity contribution in [1.82, 2.24) is 9.55 Å². The van der Waals surface area contributed by atoms with Crippen LogP contribution in [0.3, 0.4) is 0 Å². The molecule has 0 amide bonds. The highest BCUT2D eigenvalue weighted by atomic mass is 32.2. The van der Waals surface area contributed by atoms with E-state index in [4.69, 9.17) is 0 Å². The van der Waals surface area contributed by atoms with Gasteiger partial charge in [0.25, 0.3) is 15.6 Å². The van der Waals surface area contributed by atoms with Crippen LogP contribution in [-0.2, 0) is 10.0 Å². The molecule has 2 fully saturated rings. The summed E-state index contributed by atoms with van der Waals surface area (Å²) in [4.78, 5) is 15.6. The number of hydrogen-bond donors (Lipinski definition) is 1. The number of aromatic nitrogens is 2. The Morgan fingerprint density at radius 2 is 1.96 bits per heavy atom. The Morgan fingerprint density at radius 1 is 1.21 bits per heavy atom. The van der Waals surface area contributed by atoms with Gasteiger partial charge < -0.3 is 4.57 Å². The third-order valence-electron chi connectivity index (χ3n) is 4.33. The summed E-state index contributed by atoms with van der Waals surface area (Å²) in [5.41, 5.74) is 0.291. The van der Waals surface area contributed by atoms with E-state index in [2.05, 4.69) is 9.71 Å². The molecule has 2 aliphatic rings. The molecule has 0 unspecified atom stereocenters. The van der Waals surface area contributed by atoms with Crippen molar-refractivity contribution in [3.05, 3.63) is 52.3 Å². The highest BCUT2D eigenvalue weighted by Crippen LogP contribution is 2.40. The molecule has 24 heavy (non-hydrogen) atoms. The van der Waals surface area contributed by atoms with Crippen molar-refractivity contribution >= 4 is 15.8 Å². The molecule has 1 heterocycles. The van der Waals surface area contributed by atoms with Crippen molar-refractivity contribution in [3.63, 3.8) is 0 Å². The molecule has 2 saturated carbocycles. The van der Waals surface area contributed by atoms with Crippen molar-refractivity contribution < 1.29 is 12.8 Å². The number of nitrogens with one attached hydrogen (secondary N) is 1. The summed E-state index contributed by atoms with van der Waals surface area (Å²) in [7, 11) is -4.21. The van der Waals surface area contributed by atoms with Crippen molar-refractivity contribution in [2.45, 2.75) is 42.5 Å². The minimum absolute atomic E-state index is 0.0957. The van der Waals surface area contributed by atoms with Gasteiger partial charge in [0.15, 0.2) is 0 Å². The van der Waals surface area contributed by atoms with Crippen LogP contribution < -0.4 is 10.3 Å². The molecule has 0 bridgehead atoms. The Labute approximate surface area is 138 Å². The zero-order chi connectivity index (χ0) is 16.9. The lowest BCUT2D eigenvalue weighted by atomic mass is 10.1. The van der Waals surface area contributed by atoms with Crippen molar-refractivity contribution in [1.29, 1.82) is 0 Å². The normalized spacial score (nSPS) is 17.7. The van der Waals surface area contributed by atoms with Crippen LogP contribution in [0.25, 0.3) is 0 Å². The highest BCUT2D eigenvalue weighted by Gasteiger charge is 2.29. The van der Waals surface area contributed by atoms with Crippen molar-refractivity contribution in [2.24, 2.45) is 0 Å². The van der Waals surface area contributed by atoms with Crippen LogP contribution >= 0.6 is 0 Å². The average Bonchev–Trinajstić information content (AvgIpc) is 3.41. The summed E-state index contributed by atoms with van der Waals surface area (Å²) >= 11 is 0. The molecule has 4 rings (SSSR count). The molecular formula is C16H16FN3O3S. The Balaban J connectivity index is 1.66. The number of benzene rings is 1. The molecule has 8 heteroatoms. The molecule has 0 atom stereocenters. The first-order valence-corrected chi connectivity index (χ1v) is 9.33. The topological polar surface area (TPSA) is 81.1 Å². The molecule has 2 aromatic rings. The van der Waals surface area contributed by atoms with E-state index >= 15 is 0 Å². The van der Waals surface area contributed by atoms with Gasteiger partial charge in [0, 0.05) is 18.4 Å². The fourth-order valence-corrected chi connectivity index (χ4v) is 3.79. The third kappa shape index (κ3) is 2.82. The zero-order valence-electron chi connectivity index (χ0n) is 12.8. The standard InChI is InChI=1S/C16H16FN3O3S/c17-13-9-11(10-1-2-10)3-6-14(13)24(22,23)19-15-16(21)20(8-7-18-15)12-4-5-12/h3,6-10,12H,1-2,4-5H2,(H,18,19). The van der Waals surface area contributed by atoms with Gasteiger partial charge >= 0.3 is 0 Å². The number of sulfonamides is 1. The SMILES string of the molecule is O=c1c(NS(=O)(=O)c2ccc(C3CC3)cc2F)nccn1C1CC1. The molecule has 2 aliphatic carbocycles. The lowest BCUT2D eigenvalue weighted by Gasteiger charge is -2.10. The van der Waals surface area contributed by atoms with E-state index in [1.165, 1.54) is 29.1 Å². The molecule has 0 radical (unpaired) electrons. The van der Waals surface area contributed by atoms with Gasteiger partial charge in [-0.3, -0.25) is 9.52 Å². The van der Waals surface area contributed by atoms with Gasteiger partial charge in [-0.05, 0) is 49.3 Å². The first-order chi connectivity index (χ1) is 11.5. The molecule has 0 saturated heterocycles. The largest absolute Gasteiger partial charge is 0.308 e. The quantitative estimate of drug-likeness (QED) is 0.899. The molecular weight excluding hydrogens is 333 g/mol. The van der Waals surface area contributed by atoms with E-state index in [0.717, 1.165) is 31.2 Å². The summed E-state index contributed by atoms with van der Waals surface area (Å²) in [6.45, 7) is 0. The van der Waals surface area contributed by atoms with Crippen LogP contribution in [-0.4, -0.2) is 18.0 Å². The van der Waals surface area contributed by atoms with Crippen LogP contribution in [0.4, 0.5) is 10.2 Å². The lowest BCUT2D eigenvalue weighted by Crippen LogP contribution is -2.27. The van der Waals surface area contributed by atoms with E-state index in [0.29, 0.717) is 5.92 Å². The van der Waals surface area contributed by atoms with Crippen LogP contribution in [0.15, 0.2) is 40.3 Å². The maximum atomic E-state index is 14.2. The van der Waals surface area contributed by atoms with Gasteiger partial charge in [0.1, 0.15) is 10.7 Å². The summed E-state index contributed by atoms with van der Waals surface area (Å²) in [5, 5.41) is 0. The Bertz CT molecular complexity index is 963. The number of halogens is 1. The Hall–Kier alpha value is -2.22. The first-order valence-electron chi connectivity index (χ1n) is 7.85. The highest BCUT2D eigenvalue weighted by molar-refractivity contribution is 7.92. The Kier molecular flexibility index (Phi) is 3.45. The Morgan fingerprint density at radius 3 is 2.58 bits per heavy atom. The maximum Gasteiger partial charge on any atom is 0.294 e. The smallest absolute Gasteiger partial charge is 0.294 e. The second-order valence-electron chi connectivity index (χ2n) is 6.29. The minimum Gasteiger partial charge on any atom is -0.308 e. The zero-order valence-corrected chi connectivity index (χ0v) is 13.6. The number of rotatable bonds is 5.